The zero-order valence-electron chi connectivity index (χ0n) is 10.9. The van der Waals surface area contributed by atoms with Crippen molar-refractivity contribution in [2.75, 3.05) is 20.1 Å². The van der Waals surface area contributed by atoms with Crippen LogP contribution in [0.2, 0.25) is 0 Å². The second kappa shape index (κ2) is 6.50. The molecule has 0 saturated carbocycles. The topological polar surface area (TPSA) is 45.2 Å². The van der Waals surface area contributed by atoms with Gasteiger partial charge >= 0.3 is 0 Å². The van der Waals surface area contributed by atoms with E-state index in [4.69, 9.17) is 0 Å². The Hall–Kier alpha value is -1.42. The van der Waals surface area contributed by atoms with Crippen LogP contribution in [0.15, 0.2) is 24.5 Å². The van der Waals surface area contributed by atoms with Crippen molar-refractivity contribution < 1.29 is 4.79 Å². The fourth-order valence-corrected chi connectivity index (χ4v) is 2.32. The van der Waals surface area contributed by atoms with E-state index < -0.39 is 0 Å². The summed E-state index contributed by atoms with van der Waals surface area (Å²) in [7, 11) is 1.89. The summed E-state index contributed by atoms with van der Waals surface area (Å²) in [5.41, 5.74) is 1.03. The number of carbonyl (C=O) groups is 1. The van der Waals surface area contributed by atoms with Gasteiger partial charge in [0.1, 0.15) is 0 Å². The van der Waals surface area contributed by atoms with Crippen molar-refractivity contribution in [2.45, 2.75) is 31.7 Å². The zero-order chi connectivity index (χ0) is 12.8. The number of aromatic nitrogens is 1. The average molecular weight is 247 g/mol. The normalized spacial score (nSPS) is 19.5. The lowest BCUT2D eigenvalue weighted by Crippen LogP contribution is -2.44. The van der Waals surface area contributed by atoms with Gasteiger partial charge in [0.05, 0.1) is 6.42 Å². The molecule has 1 aromatic rings. The van der Waals surface area contributed by atoms with Crippen molar-refractivity contribution in [3.63, 3.8) is 0 Å². The zero-order valence-corrected chi connectivity index (χ0v) is 10.9. The van der Waals surface area contributed by atoms with Gasteiger partial charge in [-0.05, 0) is 37.1 Å². The number of hydrogen-bond donors (Lipinski definition) is 1. The molecule has 0 radical (unpaired) electrons. The number of amides is 1. The highest BCUT2D eigenvalue weighted by molar-refractivity contribution is 5.78. The first-order chi connectivity index (χ1) is 8.75. The molecule has 0 aromatic carbocycles. The number of carbonyl (C=O) groups excluding carboxylic acids is 1. The maximum absolute atomic E-state index is 12.1. The Kier molecular flexibility index (Phi) is 4.70. The molecule has 0 bridgehead atoms. The van der Waals surface area contributed by atoms with E-state index >= 15 is 0 Å². The predicted molar refractivity (Wildman–Crippen MR) is 71.2 cm³/mol. The van der Waals surface area contributed by atoms with Crippen LogP contribution >= 0.6 is 0 Å². The molecular weight excluding hydrogens is 226 g/mol. The average Bonchev–Trinajstić information content (AvgIpc) is 2.41. The van der Waals surface area contributed by atoms with Gasteiger partial charge in [-0.1, -0.05) is 6.42 Å². The van der Waals surface area contributed by atoms with Crippen LogP contribution < -0.4 is 5.32 Å². The van der Waals surface area contributed by atoms with Crippen LogP contribution in [-0.2, 0) is 11.2 Å². The lowest BCUT2D eigenvalue weighted by atomic mass is 10.0. The number of nitrogens with zero attached hydrogens (tertiary/aromatic N) is 2. The first-order valence-electron chi connectivity index (χ1n) is 6.62. The molecule has 1 fully saturated rings. The molecule has 0 spiro atoms. The van der Waals surface area contributed by atoms with Crippen LogP contribution in [0.3, 0.4) is 0 Å². The first kappa shape index (κ1) is 13.0. The minimum absolute atomic E-state index is 0.175. The number of pyridine rings is 1. The van der Waals surface area contributed by atoms with Crippen LogP contribution in [0.1, 0.15) is 24.8 Å². The number of nitrogens with one attached hydrogen (secondary N) is 1. The summed E-state index contributed by atoms with van der Waals surface area (Å²) >= 11 is 0. The summed E-state index contributed by atoms with van der Waals surface area (Å²) in [6.07, 6.45) is 7.62. The van der Waals surface area contributed by atoms with Crippen molar-refractivity contribution in [3.05, 3.63) is 30.1 Å². The summed E-state index contributed by atoms with van der Waals surface area (Å²) < 4.78 is 0. The van der Waals surface area contributed by atoms with E-state index in [1.165, 1.54) is 19.3 Å². The van der Waals surface area contributed by atoms with Gasteiger partial charge < -0.3 is 10.2 Å². The van der Waals surface area contributed by atoms with Gasteiger partial charge in [-0.3, -0.25) is 9.78 Å². The van der Waals surface area contributed by atoms with Gasteiger partial charge in [0, 0.05) is 32.0 Å². The molecule has 1 N–H and O–H groups in total. The van der Waals surface area contributed by atoms with E-state index in [1.807, 2.05) is 24.1 Å². The number of rotatable bonds is 4. The Balaban J connectivity index is 1.81. The molecule has 4 nitrogen and oxygen atoms in total. The molecule has 1 aliphatic heterocycles. The van der Waals surface area contributed by atoms with Gasteiger partial charge in [-0.2, -0.15) is 0 Å². The molecule has 1 saturated heterocycles. The monoisotopic (exact) mass is 247 g/mol. The molecule has 0 aliphatic carbocycles. The van der Waals surface area contributed by atoms with Gasteiger partial charge in [0.15, 0.2) is 0 Å². The second-order valence-electron chi connectivity index (χ2n) is 4.95. The molecule has 98 valence electrons. The summed E-state index contributed by atoms with van der Waals surface area (Å²) in [4.78, 5) is 17.9. The lowest BCUT2D eigenvalue weighted by Gasteiger charge is -2.28. The van der Waals surface area contributed by atoms with Crippen molar-refractivity contribution in [1.29, 1.82) is 0 Å². The Morgan fingerprint density at radius 3 is 2.89 bits per heavy atom. The molecular formula is C14H21N3O. The maximum atomic E-state index is 12.1. The molecule has 1 amide bonds. The molecule has 2 rings (SSSR count). The number of hydrogen-bond acceptors (Lipinski definition) is 3. The summed E-state index contributed by atoms with van der Waals surface area (Å²) in [6.45, 7) is 1.89. The largest absolute Gasteiger partial charge is 0.344 e. The minimum atomic E-state index is 0.175. The van der Waals surface area contributed by atoms with Crippen molar-refractivity contribution in [3.8, 4) is 0 Å². The van der Waals surface area contributed by atoms with E-state index in [1.54, 1.807) is 12.4 Å². The Morgan fingerprint density at radius 2 is 2.22 bits per heavy atom. The first-order valence-corrected chi connectivity index (χ1v) is 6.62. The van der Waals surface area contributed by atoms with Crippen LogP contribution in [0.5, 0.6) is 0 Å². The third kappa shape index (κ3) is 3.81. The van der Waals surface area contributed by atoms with Crippen LogP contribution in [0.4, 0.5) is 0 Å². The molecule has 2 heterocycles. The van der Waals surface area contributed by atoms with E-state index in [-0.39, 0.29) is 5.91 Å². The molecule has 18 heavy (non-hydrogen) atoms. The summed E-state index contributed by atoms with van der Waals surface area (Å²) in [5.74, 6) is 0.175. The standard InChI is InChI=1S/C14H21N3O/c1-17(11-13-4-2-3-7-16-13)14(18)10-12-5-8-15-9-6-12/h5-6,8-9,13,16H,2-4,7,10-11H2,1H3. The van der Waals surface area contributed by atoms with E-state index in [9.17, 15) is 4.79 Å². The predicted octanol–water partition coefficient (Wildman–Crippen LogP) is 1.22. The van der Waals surface area contributed by atoms with Crippen molar-refractivity contribution in [1.82, 2.24) is 15.2 Å². The van der Waals surface area contributed by atoms with Gasteiger partial charge in [-0.15, -0.1) is 0 Å². The molecule has 1 atom stereocenters. The summed E-state index contributed by atoms with van der Waals surface area (Å²) in [5, 5.41) is 3.46. The highest BCUT2D eigenvalue weighted by Gasteiger charge is 2.17. The quantitative estimate of drug-likeness (QED) is 0.870. The van der Waals surface area contributed by atoms with Crippen LogP contribution in [0, 0.1) is 0 Å². The second-order valence-corrected chi connectivity index (χ2v) is 4.95. The molecule has 1 unspecified atom stereocenters. The van der Waals surface area contributed by atoms with E-state index in [2.05, 4.69) is 10.3 Å². The third-order valence-electron chi connectivity index (χ3n) is 3.44. The minimum Gasteiger partial charge on any atom is -0.344 e. The molecule has 1 aromatic heterocycles. The van der Waals surface area contributed by atoms with Gasteiger partial charge in [0.2, 0.25) is 5.91 Å². The van der Waals surface area contributed by atoms with E-state index in [0.717, 1.165) is 18.7 Å². The van der Waals surface area contributed by atoms with Gasteiger partial charge in [0.25, 0.3) is 0 Å². The van der Waals surface area contributed by atoms with Crippen LogP contribution in [-0.4, -0.2) is 42.0 Å². The Morgan fingerprint density at radius 1 is 1.44 bits per heavy atom. The summed E-state index contributed by atoms with van der Waals surface area (Å²) in [6, 6.07) is 4.25. The fourth-order valence-electron chi connectivity index (χ4n) is 2.32. The maximum Gasteiger partial charge on any atom is 0.226 e. The third-order valence-corrected chi connectivity index (χ3v) is 3.44. The highest BCUT2D eigenvalue weighted by atomic mass is 16.2. The van der Waals surface area contributed by atoms with Crippen molar-refractivity contribution >= 4 is 5.91 Å². The van der Waals surface area contributed by atoms with E-state index in [0.29, 0.717) is 12.5 Å². The number of likely N-dealkylation sites (N-methyl/N-ethyl adjacent to an activating group) is 1. The fraction of sp³-hybridized carbons (Fsp3) is 0.571. The molecule has 1 aliphatic rings. The smallest absolute Gasteiger partial charge is 0.226 e. The number of piperidine rings is 1. The SMILES string of the molecule is CN(CC1CCCCN1)C(=O)Cc1ccncc1. The highest BCUT2D eigenvalue weighted by Crippen LogP contribution is 2.09. The molecule has 4 heteroatoms. The van der Waals surface area contributed by atoms with Crippen LogP contribution in [0.25, 0.3) is 0 Å². The lowest BCUT2D eigenvalue weighted by molar-refractivity contribution is -0.129. The Bertz CT molecular complexity index is 374. The Labute approximate surface area is 108 Å². The van der Waals surface area contributed by atoms with Gasteiger partial charge in [-0.25, -0.2) is 0 Å². The van der Waals surface area contributed by atoms with Crippen molar-refractivity contribution in [2.24, 2.45) is 0 Å².